The molecule has 8 heteroatoms. The number of carboxylic acids is 1. The second-order valence-electron chi connectivity index (χ2n) is 5.55. The molecule has 19 heavy (non-hydrogen) atoms. The van der Waals surface area contributed by atoms with Crippen molar-refractivity contribution in [3.05, 3.63) is 0 Å². The van der Waals surface area contributed by atoms with Crippen LogP contribution in [-0.4, -0.2) is 56.6 Å². The van der Waals surface area contributed by atoms with Crippen molar-refractivity contribution in [1.29, 1.82) is 0 Å². The fourth-order valence-electron chi connectivity index (χ4n) is 2.12. The third kappa shape index (κ3) is 6.33. The summed E-state index contributed by atoms with van der Waals surface area (Å²) in [6.07, 6.45) is 1.49. The Morgan fingerprint density at radius 2 is 2.05 bits per heavy atom. The number of rotatable bonds is 7. The number of nitrogens with one attached hydrogen (secondary N) is 2. The van der Waals surface area contributed by atoms with Gasteiger partial charge in [-0.25, -0.2) is 17.9 Å². The molecule has 0 spiro atoms. The van der Waals surface area contributed by atoms with E-state index in [1.54, 1.807) is 13.8 Å². The van der Waals surface area contributed by atoms with E-state index in [-0.39, 0.29) is 6.10 Å². The van der Waals surface area contributed by atoms with E-state index in [9.17, 15) is 13.2 Å². The van der Waals surface area contributed by atoms with Gasteiger partial charge >= 0.3 is 5.97 Å². The van der Waals surface area contributed by atoms with Gasteiger partial charge in [-0.3, -0.25) is 0 Å². The molecule has 7 nitrogen and oxygen atoms in total. The van der Waals surface area contributed by atoms with Gasteiger partial charge in [0.05, 0.1) is 12.4 Å². The fraction of sp³-hybridized carbons (Fsp3) is 0.909. The number of ether oxygens (including phenoxy) is 1. The minimum atomic E-state index is -3.25. The lowest BCUT2D eigenvalue weighted by molar-refractivity contribution is -0.149. The Bertz CT molecular complexity index is 421. The molecule has 112 valence electrons. The third-order valence-corrected chi connectivity index (χ3v) is 3.71. The van der Waals surface area contributed by atoms with E-state index < -0.39 is 27.6 Å². The molecule has 0 aliphatic carbocycles. The predicted octanol–water partition coefficient (Wildman–Crippen LogP) is -0.464. The molecule has 0 aromatic rings. The minimum Gasteiger partial charge on any atom is -0.479 e. The van der Waals surface area contributed by atoms with Gasteiger partial charge in [0.15, 0.2) is 6.10 Å². The number of aliphatic carboxylic acids is 1. The molecule has 0 bridgehead atoms. The van der Waals surface area contributed by atoms with E-state index >= 15 is 0 Å². The largest absolute Gasteiger partial charge is 0.479 e. The molecule has 0 saturated carbocycles. The molecule has 3 N–H and O–H groups in total. The quantitative estimate of drug-likeness (QED) is 0.586. The molecule has 1 aliphatic heterocycles. The standard InChI is InChI=1S/C11H22N2O5S/c1-11(2,13-19(3,16)17)7-12-6-8-4-5-9(18-8)10(14)15/h8-9,12-13H,4-7H2,1-3H3,(H,14,15). The van der Waals surface area contributed by atoms with Crippen LogP contribution < -0.4 is 10.0 Å². The van der Waals surface area contributed by atoms with Crippen LogP contribution in [0.25, 0.3) is 0 Å². The third-order valence-electron chi connectivity index (χ3n) is 2.78. The Morgan fingerprint density at radius 1 is 1.42 bits per heavy atom. The first kappa shape index (κ1) is 16.4. The molecule has 2 atom stereocenters. The van der Waals surface area contributed by atoms with Crippen LogP contribution in [0.3, 0.4) is 0 Å². The second-order valence-corrected chi connectivity index (χ2v) is 7.30. The van der Waals surface area contributed by atoms with Gasteiger partial charge in [0, 0.05) is 18.6 Å². The zero-order valence-electron chi connectivity index (χ0n) is 11.5. The zero-order valence-corrected chi connectivity index (χ0v) is 12.3. The lowest BCUT2D eigenvalue weighted by Gasteiger charge is -2.26. The molecule has 0 aromatic carbocycles. The lowest BCUT2D eigenvalue weighted by atomic mass is 10.1. The van der Waals surface area contributed by atoms with Crippen LogP contribution in [0.2, 0.25) is 0 Å². The molecule has 0 radical (unpaired) electrons. The van der Waals surface area contributed by atoms with Crippen molar-refractivity contribution in [3.8, 4) is 0 Å². The number of sulfonamides is 1. The number of hydrogen-bond donors (Lipinski definition) is 3. The summed E-state index contributed by atoms with van der Waals surface area (Å²) in [5.74, 6) is -0.929. The van der Waals surface area contributed by atoms with Crippen molar-refractivity contribution in [2.45, 2.75) is 44.4 Å². The fourth-order valence-corrected chi connectivity index (χ4v) is 3.20. The maximum atomic E-state index is 11.2. The molecular weight excluding hydrogens is 272 g/mol. The van der Waals surface area contributed by atoms with E-state index in [0.717, 1.165) is 6.26 Å². The number of hydrogen-bond acceptors (Lipinski definition) is 5. The summed E-state index contributed by atoms with van der Waals surface area (Å²) < 4.78 is 30.2. The van der Waals surface area contributed by atoms with Crippen molar-refractivity contribution in [3.63, 3.8) is 0 Å². The van der Waals surface area contributed by atoms with Crippen molar-refractivity contribution in [2.24, 2.45) is 0 Å². The summed E-state index contributed by atoms with van der Waals surface area (Å²) in [7, 11) is -3.25. The highest BCUT2D eigenvalue weighted by molar-refractivity contribution is 7.88. The Kier molecular flexibility index (Phi) is 5.31. The molecular formula is C11H22N2O5S. The van der Waals surface area contributed by atoms with Gasteiger partial charge < -0.3 is 15.2 Å². The van der Waals surface area contributed by atoms with Crippen LogP contribution in [0.4, 0.5) is 0 Å². The summed E-state index contributed by atoms with van der Waals surface area (Å²) in [6, 6.07) is 0. The van der Waals surface area contributed by atoms with E-state index in [4.69, 9.17) is 9.84 Å². The molecule has 0 amide bonds. The van der Waals surface area contributed by atoms with Crippen LogP contribution in [0.15, 0.2) is 0 Å². The Balaban J connectivity index is 2.29. The first-order valence-corrected chi connectivity index (χ1v) is 8.06. The maximum absolute atomic E-state index is 11.2. The SMILES string of the molecule is CC(C)(CNCC1CCC(C(=O)O)O1)NS(C)(=O)=O. The molecule has 2 unspecified atom stereocenters. The summed E-state index contributed by atoms with van der Waals surface area (Å²) >= 11 is 0. The minimum absolute atomic E-state index is 0.130. The number of carbonyl (C=O) groups is 1. The summed E-state index contributed by atoms with van der Waals surface area (Å²) in [4.78, 5) is 10.7. The average molecular weight is 294 g/mol. The smallest absolute Gasteiger partial charge is 0.332 e. The van der Waals surface area contributed by atoms with Crippen molar-refractivity contribution < 1.29 is 23.1 Å². The first-order chi connectivity index (χ1) is 8.59. The molecule has 1 saturated heterocycles. The summed E-state index contributed by atoms with van der Waals surface area (Å²) in [5.41, 5.74) is -0.599. The van der Waals surface area contributed by atoms with Gasteiger partial charge in [-0.05, 0) is 26.7 Å². The van der Waals surface area contributed by atoms with Crippen molar-refractivity contribution in [1.82, 2.24) is 10.0 Å². The van der Waals surface area contributed by atoms with Crippen molar-refractivity contribution >= 4 is 16.0 Å². The topological polar surface area (TPSA) is 105 Å². The monoisotopic (exact) mass is 294 g/mol. The van der Waals surface area contributed by atoms with Crippen LogP contribution in [0, 0.1) is 0 Å². The van der Waals surface area contributed by atoms with Gasteiger partial charge in [0.1, 0.15) is 0 Å². The molecule has 1 rings (SSSR count). The predicted molar refractivity (Wildman–Crippen MR) is 70.5 cm³/mol. The Hall–Kier alpha value is -0.700. The van der Waals surface area contributed by atoms with Gasteiger partial charge in [0.2, 0.25) is 10.0 Å². The van der Waals surface area contributed by atoms with Crippen LogP contribution in [0.1, 0.15) is 26.7 Å². The van der Waals surface area contributed by atoms with Gasteiger partial charge in [-0.2, -0.15) is 0 Å². The second kappa shape index (κ2) is 6.17. The van der Waals surface area contributed by atoms with Gasteiger partial charge in [0.25, 0.3) is 0 Å². The molecule has 0 aromatic heterocycles. The molecule has 1 heterocycles. The highest BCUT2D eigenvalue weighted by Crippen LogP contribution is 2.19. The molecule has 1 aliphatic rings. The van der Waals surface area contributed by atoms with Gasteiger partial charge in [-0.15, -0.1) is 0 Å². The first-order valence-electron chi connectivity index (χ1n) is 6.17. The van der Waals surface area contributed by atoms with E-state index in [1.807, 2.05) is 0 Å². The summed E-state index contributed by atoms with van der Waals surface area (Å²) in [6.45, 7) is 4.50. The normalized spacial score (nSPS) is 24.6. The van der Waals surface area contributed by atoms with E-state index in [0.29, 0.717) is 25.9 Å². The maximum Gasteiger partial charge on any atom is 0.332 e. The van der Waals surface area contributed by atoms with Crippen LogP contribution >= 0.6 is 0 Å². The van der Waals surface area contributed by atoms with Crippen LogP contribution in [0.5, 0.6) is 0 Å². The Labute approximate surface area is 113 Å². The molecule has 1 fully saturated rings. The van der Waals surface area contributed by atoms with Gasteiger partial charge in [-0.1, -0.05) is 0 Å². The van der Waals surface area contributed by atoms with Crippen molar-refractivity contribution in [2.75, 3.05) is 19.3 Å². The average Bonchev–Trinajstić information content (AvgIpc) is 2.61. The highest BCUT2D eigenvalue weighted by Gasteiger charge is 2.30. The summed E-state index contributed by atoms with van der Waals surface area (Å²) in [5, 5.41) is 11.9. The van der Waals surface area contributed by atoms with E-state index in [1.165, 1.54) is 0 Å². The zero-order chi connectivity index (χ0) is 14.7. The number of carboxylic acid groups (broad SMARTS) is 1. The highest BCUT2D eigenvalue weighted by atomic mass is 32.2. The van der Waals surface area contributed by atoms with Crippen LogP contribution in [-0.2, 0) is 19.6 Å². The lowest BCUT2D eigenvalue weighted by Crippen LogP contribution is -2.50. The Morgan fingerprint density at radius 3 is 2.53 bits per heavy atom. The van der Waals surface area contributed by atoms with E-state index in [2.05, 4.69) is 10.0 Å².